The minimum absolute atomic E-state index is 0.0953. The van der Waals surface area contributed by atoms with Crippen LogP contribution in [0.4, 0.5) is 5.82 Å². The van der Waals surface area contributed by atoms with Crippen molar-refractivity contribution in [3.05, 3.63) is 42.4 Å². The molecule has 0 bridgehead atoms. The van der Waals surface area contributed by atoms with Crippen molar-refractivity contribution in [2.75, 3.05) is 25.5 Å². The molecule has 0 saturated carbocycles. The second kappa shape index (κ2) is 7.47. The van der Waals surface area contributed by atoms with Gasteiger partial charge in [0.05, 0.1) is 5.56 Å². The second-order valence-electron chi connectivity index (χ2n) is 6.51. The molecule has 24 heavy (non-hydrogen) atoms. The van der Waals surface area contributed by atoms with Gasteiger partial charge in [-0.15, -0.1) is 0 Å². The Hall–Kier alpha value is -2.37. The largest absolute Gasteiger partial charge is 0.363 e. The van der Waals surface area contributed by atoms with Gasteiger partial charge in [0.15, 0.2) is 0 Å². The number of aryl methyl sites for hydroxylation is 1. The Morgan fingerprint density at radius 3 is 2.88 bits per heavy atom. The molecule has 3 heterocycles. The highest BCUT2D eigenvalue weighted by molar-refractivity contribution is 5.94. The average molecular weight is 327 g/mol. The summed E-state index contributed by atoms with van der Waals surface area (Å²) in [6.07, 6.45) is 9.73. The molecule has 1 fully saturated rings. The van der Waals surface area contributed by atoms with E-state index in [2.05, 4.69) is 10.1 Å². The van der Waals surface area contributed by atoms with Crippen molar-refractivity contribution in [2.45, 2.75) is 38.3 Å². The molecule has 1 aliphatic heterocycles. The molecule has 0 spiro atoms. The number of amides is 1. The number of piperidine rings is 1. The summed E-state index contributed by atoms with van der Waals surface area (Å²) in [6.45, 7) is 1.68. The number of nitrogens with zero attached hydrogens (tertiary/aromatic N) is 5. The van der Waals surface area contributed by atoms with Crippen LogP contribution >= 0.6 is 0 Å². The van der Waals surface area contributed by atoms with Gasteiger partial charge in [-0.05, 0) is 43.9 Å². The Morgan fingerprint density at radius 1 is 1.33 bits per heavy atom. The first-order valence-corrected chi connectivity index (χ1v) is 8.57. The third-order valence-corrected chi connectivity index (χ3v) is 4.59. The molecule has 0 aliphatic carbocycles. The van der Waals surface area contributed by atoms with Gasteiger partial charge in [-0.25, -0.2) is 4.98 Å². The van der Waals surface area contributed by atoms with Crippen LogP contribution in [0.5, 0.6) is 0 Å². The maximum Gasteiger partial charge on any atom is 0.255 e. The number of likely N-dealkylation sites (tertiary alicyclic amines) is 1. The predicted molar refractivity (Wildman–Crippen MR) is 94.1 cm³/mol. The molecule has 1 atom stereocenters. The van der Waals surface area contributed by atoms with Crippen LogP contribution in [0.1, 0.15) is 36.0 Å². The van der Waals surface area contributed by atoms with Crippen molar-refractivity contribution >= 4 is 11.7 Å². The molecule has 0 aromatic carbocycles. The standard InChI is InChI=1S/C18H25N5O/c1-21(2)17-8-7-15(14-19-17)18(24)23-12-4-3-6-16(23)9-13-22-11-5-10-20-22/h5,7-8,10-11,14,16H,3-4,6,9,12-13H2,1-2H3/t16-/m1/s1. The van der Waals surface area contributed by atoms with Gasteiger partial charge in [0.2, 0.25) is 0 Å². The van der Waals surface area contributed by atoms with Crippen molar-refractivity contribution < 1.29 is 4.79 Å². The highest BCUT2D eigenvalue weighted by Crippen LogP contribution is 2.23. The molecule has 2 aromatic rings. The van der Waals surface area contributed by atoms with E-state index in [1.165, 1.54) is 6.42 Å². The molecule has 1 saturated heterocycles. The molecule has 6 heteroatoms. The van der Waals surface area contributed by atoms with Crippen LogP contribution in [-0.4, -0.2) is 52.3 Å². The van der Waals surface area contributed by atoms with Crippen LogP contribution < -0.4 is 4.90 Å². The summed E-state index contributed by atoms with van der Waals surface area (Å²) in [4.78, 5) is 21.2. The van der Waals surface area contributed by atoms with Crippen LogP contribution in [0.25, 0.3) is 0 Å². The quantitative estimate of drug-likeness (QED) is 0.846. The fourth-order valence-electron chi connectivity index (χ4n) is 3.23. The van der Waals surface area contributed by atoms with Crippen molar-refractivity contribution in [1.82, 2.24) is 19.7 Å². The van der Waals surface area contributed by atoms with Crippen LogP contribution in [-0.2, 0) is 6.54 Å². The molecule has 1 aliphatic rings. The van der Waals surface area contributed by atoms with E-state index in [0.717, 1.165) is 38.2 Å². The third kappa shape index (κ3) is 3.75. The van der Waals surface area contributed by atoms with E-state index in [9.17, 15) is 4.79 Å². The predicted octanol–water partition coefficient (Wildman–Crippen LogP) is 2.43. The van der Waals surface area contributed by atoms with Gasteiger partial charge in [-0.2, -0.15) is 5.10 Å². The summed E-state index contributed by atoms with van der Waals surface area (Å²) in [5, 5.41) is 4.25. The van der Waals surface area contributed by atoms with Crippen LogP contribution in [0.15, 0.2) is 36.8 Å². The van der Waals surface area contributed by atoms with E-state index >= 15 is 0 Å². The lowest BCUT2D eigenvalue weighted by molar-refractivity contribution is 0.0593. The molecule has 0 N–H and O–H groups in total. The number of aromatic nitrogens is 3. The third-order valence-electron chi connectivity index (χ3n) is 4.59. The maximum absolute atomic E-state index is 12.9. The molecule has 3 rings (SSSR count). The van der Waals surface area contributed by atoms with Crippen molar-refractivity contribution in [2.24, 2.45) is 0 Å². The van der Waals surface area contributed by atoms with E-state index < -0.39 is 0 Å². The van der Waals surface area contributed by atoms with Gasteiger partial charge in [0.1, 0.15) is 5.82 Å². The Morgan fingerprint density at radius 2 is 2.21 bits per heavy atom. The van der Waals surface area contributed by atoms with Crippen molar-refractivity contribution in [1.29, 1.82) is 0 Å². The summed E-state index contributed by atoms with van der Waals surface area (Å²) in [5.74, 6) is 0.957. The van der Waals surface area contributed by atoms with Crippen LogP contribution in [0.2, 0.25) is 0 Å². The Bertz CT molecular complexity index is 651. The molecule has 2 aromatic heterocycles. The normalized spacial score (nSPS) is 17.8. The minimum atomic E-state index is 0.0953. The smallest absolute Gasteiger partial charge is 0.255 e. The lowest BCUT2D eigenvalue weighted by Crippen LogP contribution is -2.44. The molecule has 1 amide bonds. The fraction of sp³-hybridized carbons (Fsp3) is 0.500. The van der Waals surface area contributed by atoms with Gasteiger partial charge >= 0.3 is 0 Å². The number of hydrogen-bond donors (Lipinski definition) is 0. The van der Waals surface area contributed by atoms with Crippen molar-refractivity contribution in [3.8, 4) is 0 Å². The van der Waals surface area contributed by atoms with Gasteiger partial charge in [0.25, 0.3) is 5.91 Å². The highest BCUT2D eigenvalue weighted by atomic mass is 16.2. The first-order chi connectivity index (χ1) is 11.6. The van der Waals surface area contributed by atoms with Crippen LogP contribution in [0.3, 0.4) is 0 Å². The Kier molecular flexibility index (Phi) is 5.13. The van der Waals surface area contributed by atoms with Crippen molar-refractivity contribution in [3.63, 3.8) is 0 Å². The number of carbonyl (C=O) groups is 1. The molecular formula is C18H25N5O. The summed E-state index contributed by atoms with van der Waals surface area (Å²) in [5.41, 5.74) is 0.673. The van der Waals surface area contributed by atoms with Gasteiger partial charge in [0, 0.05) is 51.8 Å². The average Bonchev–Trinajstić information content (AvgIpc) is 3.13. The van der Waals surface area contributed by atoms with Gasteiger partial charge in [-0.3, -0.25) is 9.48 Å². The van der Waals surface area contributed by atoms with E-state index in [1.807, 2.05) is 53.0 Å². The van der Waals surface area contributed by atoms with E-state index in [-0.39, 0.29) is 11.9 Å². The lowest BCUT2D eigenvalue weighted by Gasteiger charge is -2.36. The highest BCUT2D eigenvalue weighted by Gasteiger charge is 2.27. The van der Waals surface area contributed by atoms with Gasteiger partial charge in [-0.1, -0.05) is 0 Å². The minimum Gasteiger partial charge on any atom is -0.363 e. The summed E-state index contributed by atoms with van der Waals surface area (Å²) in [6, 6.07) is 5.99. The van der Waals surface area contributed by atoms with E-state index in [4.69, 9.17) is 0 Å². The molecular weight excluding hydrogens is 302 g/mol. The Balaban J connectivity index is 1.68. The first kappa shape index (κ1) is 16.5. The summed E-state index contributed by atoms with van der Waals surface area (Å²) >= 11 is 0. The molecule has 128 valence electrons. The fourth-order valence-corrected chi connectivity index (χ4v) is 3.23. The summed E-state index contributed by atoms with van der Waals surface area (Å²) < 4.78 is 1.94. The number of pyridine rings is 1. The van der Waals surface area contributed by atoms with E-state index in [0.29, 0.717) is 5.56 Å². The Labute approximate surface area is 143 Å². The zero-order valence-corrected chi connectivity index (χ0v) is 14.4. The zero-order chi connectivity index (χ0) is 16.9. The molecule has 0 radical (unpaired) electrons. The topological polar surface area (TPSA) is 54.3 Å². The zero-order valence-electron chi connectivity index (χ0n) is 14.4. The monoisotopic (exact) mass is 327 g/mol. The SMILES string of the molecule is CN(C)c1ccc(C(=O)N2CCCC[C@@H]2CCn2cccn2)cn1. The van der Waals surface area contributed by atoms with Gasteiger partial charge < -0.3 is 9.80 Å². The number of carbonyl (C=O) groups excluding carboxylic acids is 1. The van der Waals surface area contributed by atoms with Crippen LogP contribution in [0, 0.1) is 0 Å². The number of rotatable bonds is 5. The number of anilines is 1. The lowest BCUT2D eigenvalue weighted by atomic mass is 9.98. The maximum atomic E-state index is 12.9. The molecule has 0 unspecified atom stereocenters. The summed E-state index contributed by atoms with van der Waals surface area (Å²) in [7, 11) is 3.89. The first-order valence-electron chi connectivity index (χ1n) is 8.57. The molecule has 6 nitrogen and oxygen atoms in total. The number of hydrogen-bond acceptors (Lipinski definition) is 4. The second-order valence-corrected chi connectivity index (χ2v) is 6.51. The van der Waals surface area contributed by atoms with E-state index in [1.54, 1.807) is 12.4 Å².